The minimum absolute atomic E-state index is 0.0406. The fraction of sp³-hybridized carbons (Fsp3) is 0.467. The van der Waals surface area contributed by atoms with Gasteiger partial charge in [-0.1, -0.05) is 18.5 Å². The normalized spacial score (nSPS) is 11.2. The number of carbonyl (C=O) groups excluding carboxylic acids is 2. The summed E-state index contributed by atoms with van der Waals surface area (Å²) in [7, 11) is 0. The van der Waals surface area contributed by atoms with E-state index in [1.165, 1.54) is 0 Å². The van der Waals surface area contributed by atoms with Gasteiger partial charge in [0, 0.05) is 29.0 Å². The minimum atomic E-state index is -0.222. The number of hydrogen-bond donors (Lipinski definition) is 1. The first-order chi connectivity index (χ1) is 8.84. The number of nitrogens with one attached hydrogen (secondary N) is 1. The molecule has 0 aliphatic heterocycles. The first-order valence-corrected chi connectivity index (χ1v) is 6.81. The average molecular weight is 282 g/mol. The van der Waals surface area contributed by atoms with Crippen LogP contribution in [0.2, 0.25) is 5.02 Å². The molecule has 0 aliphatic rings. The van der Waals surface area contributed by atoms with E-state index in [4.69, 9.17) is 11.6 Å². The van der Waals surface area contributed by atoms with Crippen molar-refractivity contribution in [1.29, 1.82) is 0 Å². The Kier molecular flexibility index (Phi) is 5.55. The zero-order valence-electron chi connectivity index (χ0n) is 11.6. The Balaban J connectivity index is 2.46. The summed E-state index contributed by atoms with van der Waals surface area (Å²) in [5.74, 6) is -0.129. The second-order valence-electron chi connectivity index (χ2n) is 5.22. The molecule has 104 valence electrons. The Morgan fingerprint density at radius 3 is 2.26 bits per heavy atom. The Bertz CT molecular complexity index is 452. The van der Waals surface area contributed by atoms with Gasteiger partial charge in [-0.3, -0.25) is 9.59 Å². The monoisotopic (exact) mass is 281 g/mol. The summed E-state index contributed by atoms with van der Waals surface area (Å²) in [6, 6.07) is 6.71. The van der Waals surface area contributed by atoms with Crippen LogP contribution in [0.15, 0.2) is 24.3 Å². The van der Waals surface area contributed by atoms with E-state index in [1.807, 2.05) is 20.8 Å². The maximum absolute atomic E-state index is 11.9. The van der Waals surface area contributed by atoms with Gasteiger partial charge in [-0.25, -0.2) is 0 Å². The van der Waals surface area contributed by atoms with Gasteiger partial charge in [-0.15, -0.1) is 0 Å². The van der Waals surface area contributed by atoms with E-state index in [2.05, 4.69) is 5.32 Å². The van der Waals surface area contributed by atoms with E-state index in [0.29, 0.717) is 10.6 Å². The number of hydrogen-bond acceptors (Lipinski definition) is 2. The van der Waals surface area contributed by atoms with Crippen LogP contribution in [0, 0.1) is 0 Å². The SMILES string of the molecule is CCC(C)(C)NC(=O)CCC(=O)c1ccc(Cl)cc1. The summed E-state index contributed by atoms with van der Waals surface area (Å²) in [4.78, 5) is 23.6. The molecule has 0 heterocycles. The van der Waals surface area contributed by atoms with Crippen LogP contribution in [0.3, 0.4) is 0 Å². The maximum Gasteiger partial charge on any atom is 0.220 e. The number of benzene rings is 1. The topological polar surface area (TPSA) is 46.2 Å². The highest BCUT2D eigenvalue weighted by Gasteiger charge is 2.18. The molecule has 4 heteroatoms. The number of carbonyl (C=O) groups is 2. The van der Waals surface area contributed by atoms with Crippen molar-refractivity contribution >= 4 is 23.3 Å². The lowest BCUT2D eigenvalue weighted by Crippen LogP contribution is -2.42. The van der Waals surface area contributed by atoms with Crippen LogP contribution in [0.1, 0.15) is 50.4 Å². The Morgan fingerprint density at radius 1 is 1.16 bits per heavy atom. The summed E-state index contributed by atoms with van der Waals surface area (Å²) in [5, 5.41) is 3.51. The van der Waals surface area contributed by atoms with Gasteiger partial charge in [0.2, 0.25) is 5.91 Å². The van der Waals surface area contributed by atoms with Crippen LogP contribution in [0.5, 0.6) is 0 Å². The van der Waals surface area contributed by atoms with Gasteiger partial charge in [0.15, 0.2) is 5.78 Å². The van der Waals surface area contributed by atoms with Gasteiger partial charge in [0.05, 0.1) is 0 Å². The smallest absolute Gasteiger partial charge is 0.220 e. The standard InChI is InChI=1S/C15H20ClNO2/c1-4-15(2,3)17-14(19)10-9-13(18)11-5-7-12(16)8-6-11/h5-8H,4,9-10H2,1-3H3,(H,17,19). The Morgan fingerprint density at radius 2 is 1.74 bits per heavy atom. The van der Waals surface area contributed by atoms with Gasteiger partial charge in [0.25, 0.3) is 0 Å². The molecular formula is C15H20ClNO2. The molecule has 1 rings (SSSR count). The molecule has 0 aromatic heterocycles. The first-order valence-electron chi connectivity index (χ1n) is 6.44. The van der Waals surface area contributed by atoms with Crippen molar-refractivity contribution in [1.82, 2.24) is 5.32 Å². The summed E-state index contributed by atoms with van der Waals surface area (Å²) >= 11 is 5.76. The maximum atomic E-state index is 11.9. The largest absolute Gasteiger partial charge is 0.351 e. The zero-order chi connectivity index (χ0) is 14.5. The van der Waals surface area contributed by atoms with Crippen LogP contribution in [-0.4, -0.2) is 17.2 Å². The third-order valence-electron chi connectivity index (χ3n) is 3.11. The molecule has 0 bridgehead atoms. The van der Waals surface area contributed by atoms with Crippen molar-refractivity contribution in [2.24, 2.45) is 0 Å². The second kappa shape index (κ2) is 6.71. The summed E-state index contributed by atoms with van der Waals surface area (Å²) in [6.07, 6.45) is 1.28. The van der Waals surface area contributed by atoms with Crippen molar-refractivity contribution in [2.45, 2.75) is 45.6 Å². The molecule has 0 unspecified atom stereocenters. The molecule has 0 fully saturated rings. The fourth-order valence-electron chi connectivity index (χ4n) is 1.54. The lowest BCUT2D eigenvalue weighted by atomic mass is 10.0. The van der Waals surface area contributed by atoms with Crippen LogP contribution < -0.4 is 5.32 Å². The lowest BCUT2D eigenvalue weighted by molar-refractivity contribution is -0.122. The number of ketones is 1. The van der Waals surface area contributed by atoms with E-state index < -0.39 is 0 Å². The average Bonchev–Trinajstić information content (AvgIpc) is 2.36. The van der Waals surface area contributed by atoms with E-state index in [-0.39, 0.29) is 30.1 Å². The molecular weight excluding hydrogens is 262 g/mol. The molecule has 0 saturated heterocycles. The van der Waals surface area contributed by atoms with E-state index >= 15 is 0 Å². The van der Waals surface area contributed by atoms with Crippen LogP contribution >= 0.6 is 11.6 Å². The van der Waals surface area contributed by atoms with Gasteiger partial charge >= 0.3 is 0 Å². The highest BCUT2D eigenvalue weighted by atomic mass is 35.5. The van der Waals surface area contributed by atoms with Gasteiger partial charge < -0.3 is 5.32 Å². The number of Topliss-reactive ketones (excluding diaryl/α,β-unsaturated/α-hetero) is 1. The van der Waals surface area contributed by atoms with E-state index in [0.717, 1.165) is 6.42 Å². The second-order valence-corrected chi connectivity index (χ2v) is 5.65. The van der Waals surface area contributed by atoms with Crippen molar-refractivity contribution < 1.29 is 9.59 Å². The van der Waals surface area contributed by atoms with Crippen molar-refractivity contribution in [2.75, 3.05) is 0 Å². The van der Waals surface area contributed by atoms with Crippen molar-refractivity contribution in [3.8, 4) is 0 Å². The Labute approximate surface area is 119 Å². The highest BCUT2D eigenvalue weighted by Crippen LogP contribution is 2.12. The molecule has 1 amide bonds. The quantitative estimate of drug-likeness (QED) is 0.810. The molecule has 1 aromatic rings. The van der Waals surface area contributed by atoms with Crippen molar-refractivity contribution in [3.63, 3.8) is 0 Å². The number of halogens is 1. The molecule has 1 aromatic carbocycles. The molecule has 3 nitrogen and oxygen atoms in total. The fourth-order valence-corrected chi connectivity index (χ4v) is 1.66. The predicted molar refractivity (Wildman–Crippen MR) is 77.5 cm³/mol. The van der Waals surface area contributed by atoms with Gasteiger partial charge in [-0.2, -0.15) is 0 Å². The third kappa shape index (κ3) is 5.43. The van der Waals surface area contributed by atoms with E-state index in [1.54, 1.807) is 24.3 Å². The molecule has 0 saturated carbocycles. The summed E-state index contributed by atoms with van der Waals surface area (Å²) in [5.41, 5.74) is 0.368. The third-order valence-corrected chi connectivity index (χ3v) is 3.36. The molecule has 19 heavy (non-hydrogen) atoms. The van der Waals surface area contributed by atoms with Crippen molar-refractivity contribution in [3.05, 3.63) is 34.9 Å². The summed E-state index contributed by atoms with van der Waals surface area (Å²) < 4.78 is 0. The molecule has 1 N–H and O–H groups in total. The first kappa shape index (κ1) is 15.7. The number of amides is 1. The Hall–Kier alpha value is -1.35. The minimum Gasteiger partial charge on any atom is -0.351 e. The van der Waals surface area contributed by atoms with Crippen LogP contribution in [-0.2, 0) is 4.79 Å². The molecule has 0 atom stereocenters. The van der Waals surface area contributed by atoms with E-state index in [9.17, 15) is 9.59 Å². The zero-order valence-corrected chi connectivity index (χ0v) is 12.4. The lowest BCUT2D eigenvalue weighted by Gasteiger charge is -2.24. The van der Waals surface area contributed by atoms with Crippen LogP contribution in [0.25, 0.3) is 0 Å². The molecule has 0 spiro atoms. The summed E-state index contributed by atoms with van der Waals surface area (Å²) in [6.45, 7) is 5.94. The highest BCUT2D eigenvalue weighted by molar-refractivity contribution is 6.30. The predicted octanol–water partition coefficient (Wildman–Crippen LogP) is 3.61. The number of rotatable bonds is 6. The van der Waals surface area contributed by atoms with Crippen LogP contribution in [0.4, 0.5) is 0 Å². The van der Waals surface area contributed by atoms with Gasteiger partial charge in [0.1, 0.15) is 0 Å². The molecule has 0 aliphatic carbocycles. The van der Waals surface area contributed by atoms with Gasteiger partial charge in [-0.05, 0) is 44.5 Å². The molecule has 0 radical (unpaired) electrons.